The number of amides is 5. The number of carbonyl (C=O) groups is 5. The summed E-state index contributed by atoms with van der Waals surface area (Å²) < 4.78 is 0. The van der Waals surface area contributed by atoms with Crippen molar-refractivity contribution in [1.29, 1.82) is 0 Å². The Labute approximate surface area is 215 Å². The van der Waals surface area contributed by atoms with Crippen molar-refractivity contribution in [3.05, 3.63) is 24.3 Å². The van der Waals surface area contributed by atoms with E-state index in [-0.39, 0.29) is 17.7 Å². The van der Waals surface area contributed by atoms with Gasteiger partial charge in [-0.25, -0.2) is 0 Å². The van der Waals surface area contributed by atoms with Gasteiger partial charge < -0.3 is 24.5 Å². The molecule has 0 N–H and O–H groups in total. The van der Waals surface area contributed by atoms with Crippen LogP contribution in [-0.2, 0) is 24.0 Å². The summed E-state index contributed by atoms with van der Waals surface area (Å²) in [4.78, 5) is 61.1. The van der Waals surface area contributed by atoms with Gasteiger partial charge in [0, 0.05) is 93.3 Å². The molecule has 3 fully saturated rings. The summed E-state index contributed by atoms with van der Waals surface area (Å²) in [6.45, 7) is 4.52. The molecule has 0 aromatic heterocycles. The first kappa shape index (κ1) is 30.9. The van der Waals surface area contributed by atoms with Crippen LogP contribution in [0.15, 0.2) is 24.3 Å². The fourth-order valence-electron chi connectivity index (χ4n) is 3.37. The highest BCUT2D eigenvalue weighted by Crippen LogP contribution is 2.07. The van der Waals surface area contributed by atoms with Crippen LogP contribution in [0, 0.1) is 0 Å². The van der Waals surface area contributed by atoms with E-state index in [9.17, 15) is 24.0 Å². The normalized spacial score (nSPS) is 20.5. The Kier molecular flexibility index (Phi) is 14.1. The molecule has 36 heavy (non-hydrogen) atoms. The second-order valence-corrected chi connectivity index (χ2v) is 9.33. The maximum atomic E-state index is 10.7. The number of likely N-dealkylation sites (N-methyl/N-ethyl adjacent to an activating group) is 2. The van der Waals surface area contributed by atoms with Gasteiger partial charge in [-0.1, -0.05) is 12.2 Å². The van der Waals surface area contributed by atoms with Crippen LogP contribution < -0.4 is 0 Å². The Morgan fingerprint density at radius 3 is 1.22 bits per heavy atom. The summed E-state index contributed by atoms with van der Waals surface area (Å²) in [6, 6.07) is 0. The van der Waals surface area contributed by atoms with Crippen molar-refractivity contribution in [2.75, 3.05) is 68.0 Å². The van der Waals surface area contributed by atoms with E-state index in [4.69, 9.17) is 0 Å². The number of piperidine rings is 1. The number of nitrogens with zero attached hydrogens (tertiary/aromatic N) is 5. The second kappa shape index (κ2) is 16.5. The quantitative estimate of drug-likeness (QED) is 0.460. The molecule has 5 aliphatic heterocycles. The number of hydrogen-bond donors (Lipinski definition) is 0. The van der Waals surface area contributed by atoms with Crippen molar-refractivity contribution in [2.45, 2.75) is 44.9 Å². The highest BCUT2D eigenvalue weighted by molar-refractivity contribution is 5.89. The van der Waals surface area contributed by atoms with Gasteiger partial charge >= 0.3 is 0 Å². The molecule has 5 rings (SSSR count). The van der Waals surface area contributed by atoms with Crippen molar-refractivity contribution >= 4 is 29.5 Å². The average molecular weight is 506 g/mol. The predicted octanol–water partition coefficient (Wildman–Crippen LogP) is 1.14. The van der Waals surface area contributed by atoms with E-state index in [2.05, 4.69) is 0 Å². The maximum absolute atomic E-state index is 10.7. The Morgan fingerprint density at radius 2 is 1.00 bits per heavy atom. The summed E-state index contributed by atoms with van der Waals surface area (Å²) >= 11 is 0. The highest BCUT2D eigenvalue weighted by atomic mass is 16.2. The number of likely N-dealkylation sites (tertiary alicyclic amines) is 3. The van der Waals surface area contributed by atoms with Gasteiger partial charge in [0.15, 0.2) is 0 Å². The number of hydrogen-bond acceptors (Lipinski definition) is 5. The van der Waals surface area contributed by atoms with Gasteiger partial charge in [0.25, 0.3) is 0 Å². The first-order chi connectivity index (χ1) is 17.0. The van der Waals surface area contributed by atoms with Gasteiger partial charge in [-0.3, -0.25) is 24.0 Å². The third kappa shape index (κ3) is 12.0. The Bertz CT molecular complexity index is 826. The van der Waals surface area contributed by atoms with Gasteiger partial charge in [-0.2, -0.15) is 0 Å². The van der Waals surface area contributed by atoms with E-state index >= 15 is 0 Å². The summed E-state index contributed by atoms with van der Waals surface area (Å²) in [5.41, 5.74) is 0. The molecule has 0 atom stereocenters. The highest BCUT2D eigenvalue weighted by Gasteiger charge is 2.17. The molecular formula is C26H43N5O5. The standard InChI is InChI=1S/C6H11NO.C6H9NO.C5H9NO.C5H7NO.C4H7NO/c2*1-7-5-3-2-4-6(7)8;2*1-6-4-2-3-5(6)7;1-5-3-2-4(5)6/h2-5H2,1H3;2,4H,3,5H2,1H3;2-4H2,1H3;2-3H,4H2,1H3;2-3H2,1H3. The third-order valence-electron chi connectivity index (χ3n) is 6.24. The zero-order valence-corrected chi connectivity index (χ0v) is 22.6. The lowest BCUT2D eigenvalue weighted by atomic mass is 10.1. The smallest absolute Gasteiger partial charge is 0.246 e. The Hall–Kier alpha value is -3.17. The van der Waals surface area contributed by atoms with Crippen molar-refractivity contribution in [3.63, 3.8) is 0 Å². The SMILES string of the molecule is CN1CC=CC1=O.CN1CCC1=O.CN1CCC=CC1=O.CN1CCCC1=O.CN1CCCCC1=O. The largest absolute Gasteiger partial charge is 0.346 e. The summed E-state index contributed by atoms with van der Waals surface area (Å²) in [6.07, 6.45) is 13.6. The Balaban J connectivity index is 0.000000226. The van der Waals surface area contributed by atoms with Crippen molar-refractivity contribution in [1.82, 2.24) is 24.5 Å². The van der Waals surface area contributed by atoms with Gasteiger partial charge in [0.05, 0.1) is 0 Å². The van der Waals surface area contributed by atoms with Crippen LogP contribution in [0.25, 0.3) is 0 Å². The van der Waals surface area contributed by atoms with Crippen molar-refractivity contribution in [2.24, 2.45) is 0 Å². The van der Waals surface area contributed by atoms with E-state index < -0.39 is 0 Å². The van der Waals surface area contributed by atoms with E-state index in [1.165, 1.54) is 6.42 Å². The molecular weight excluding hydrogens is 462 g/mol. The lowest BCUT2D eigenvalue weighted by Crippen LogP contribution is -2.39. The van der Waals surface area contributed by atoms with Crippen LogP contribution in [0.4, 0.5) is 0 Å². The molecule has 0 bridgehead atoms. The van der Waals surface area contributed by atoms with E-state index in [0.717, 1.165) is 71.2 Å². The van der Waals surface area contributed by atoms with Gasteiger partial charge in [-0.15, -0.1) is 0 Å². The molecule has 5 amide bonds. The summed E-state index contributed by atoms with van der Waals surface area (Å²) in [7, 11) is 9.11. The summed E-state index contributed by atoms with van der Waals surface area (Å²) in [5, 5.41) is 0. The maximum Gasteiger partial charge on any atom is 0.246 e. The van der Waals surface area contributed by atoms with Gasteiger partial charge in [-0.05, 0) is 31.8 Å². The zero-order valence-electron chi connectivity index (χ0n) is 22.6. The molecule has 3 saturated heterocycles. The molecule has 0 saturated carbocycles. The molecule has 0 radical (unpaired) electrons. The lowest BCUT2D eigenvalue weighted by Gasteiger charge is -2.24. The van der Waals surface area contributed by atoms with Crippen molar-refractivity contribution < 1.29 is 24.0 Å². The van der Waals surface area contributed by atoms with Crippen LogP contribution >= 0.6 is 0 Å². The fourth-order valence-corrected chi connectivity index (χ4v) is 3.37. The van der Waals surface area contributed by atoms with Crippen LogP contribution in [0.1, 0.15) is 44.9 Å². The average Bonchev–Trinajstić information content (AvgIpc) is 3.43. The van der Waals surface area contributed by atoms with E-state index in [1.54, 1.807) is 43.7 Å². The van der Waals surface area contributed by atoms with Crippen LogP contribution in [0.2, 0.25) is 0 Å². The first-order valence-electron chi connectivity index (χ1n) is 12.6. The van der Waals surface area contributed by atoms with Crippen LogP contribution in [0.5, 0.6) is 0 Å². The molecule has 10 heteroatoms. The van der Waals surface area contributed by atoms with Crippen LogP contribution in [-0.4, -0.2) is 122 Å². The van der Waals surface area contributed by atoms with E-state index in [0.29, 0.717) is 11.8 Å². The number of rotatable bonds is 0. The minimum absolute atomic E-state index is 0.111. The third-order valence-corrected chi connectivity index (χ3v) is 6.24. The molecule has 10 nitrogen and oxygen atoms in total. The van der Waals surface area contributed by atoms with E-state index in [1.807, 2.05) is 40.3 Å². The molecule has 0 unspecified atom stereocenters. The van der Waals surface area contributed by atoms with Crippen molar-refractivity contribution in [3.8, 4) is 0 Å². The minimum Gasteiger partial charge on any atom is -0.346 e. The first-order valence-corrected chi connectivity index (χ1v) is 12.6. The van der Waals surface area contributed by atoms with Crippen LogP contribution in [0.3, 0.4) is 0 Å². The summed E-state index contributed by atoms with van der Waals surface area (Å²) in [5.74, 6) is 1.10. The monoisotopic (exact) mass is 505 g/mol. The minimum atomic E-state index is 0.111. The topological polar surface area (TPSA) is 102 Å². The Morgan fingerprint density at radius 1 is 0.500 bits per heavy atom. The van der Waals surface area contributed by atoms with Gasteiger partial charge in [0.1, 0.15) is 0 Å². The molecule has 0 spiro atoms. The molecule has 5 aliphatic rings. The number of β-lactam (4-membered cyclic amide) rings is 1. The zero-order chi connectivity index (χ0) is 27.1. The molecule has 0 aliphatic carbocycles. The molecule has 5 heterocycles. The molecule has 0 aromatic rings. The second-order valence-electron chi connectivity index (χ2n) is 9.33. The molecule has 202 valence electrons. The molecule has 0 aromatic carbocycles. The van der Waals surface area contributed by atoms with Gasteiger partial charge in [0.2, 0.25) is 29.5 Å². The predicted molar refractivity (Wildman–Crippen MR) is 139 cm³/mol. The fraction of sp³-hybridized carbons (Fsp3) is 0.654. The lowest BCUT2D eigenvalue weighted by molar-refractivity contribution is -0.137. The number of carbonyl (C=O) groups excluding carboxylic acids is 5.